The normalized spacial score (nSPS) is 12.3. The summed E-state index contributed by atoms with van der Waals surface area (Å²) in [6.07, 6.45) is -4.46. The smallest absolute Gasteiger partial charge is 0.343 e. The van der Waals surface area contributed by atoms with Crippen LogP contribution >= 0.6 is 12.4 Å². The van der Waals surface area contributed by atoms with Crippen molar-refractivity contribution in [2.24, 2.45) is 11.7 Å². The summed E-state index contributed by atoms with van der Waals surface area (Å²) in [5, 5.41) is 4.33. The van der Waals surface area contributed by atoms with Gasteiger partial charge in [0.1, 0.15) is 6.54 Å². The molecule has 130 valence electrons. The Balaban J connectivity index is 0.00000484. The van der Waals surface area contributed by atoms with E-state index in [9.17, 15) is 22.8 Å². The third-order valence-electron chi connectivity index (χ3n) is 2.89. The van der Waals surface area contributed by atoms with Crippen LogP contribution in [0.4, 0.5) is 18.9 Å². The van der Waals surface area contributed by atoms with Gasteiger partial charge in [0.15, 0.2) is 0 Å². The van der Waals surface area contributed by atoms with E-state index in [4.69, 9.17) is 5.73 Å². The third kappa shape index (κ3) is 7.34. The molecule has 1 aromatic carbocycles. The van der Waals surface area contributed by atoms with Crippen molar-refractivity contribution in [1.29, 1.82) is 0 Å². The fraction of sp³-hybridized carbons (Fsp3) is 0.429. The average Bonchev–Trinajstić information content (AvgIpc) is 2.43. The van der Waals surface area contributed by atoms with E-state index < -0.39 is 24.7 Å². The number of nitrogens with two attached hydrogens (primary N) is 1. The van der Waals surface area contributed by atoms with E-state index in [1.54, 1.807) is 19.2 Å². The minimum atomic E-state index is -4.46. The molecule has 0 saturated carbocycles. The van der Waals surface area contributed by atoms with Gasteiger partial charge < -0.3 is 16.4 Å². The van der Waals surface area contributed by atoms with Crippen LogP contribution in [0.1, 0.15) is 24.2 Å². The lowest BCUT2D eigenvalue weighted by molar-refractivity contribution is -0.123. The number of anilines is 1. The van der Waals surface area contributed by atoms with Gasteiger partial charge in [-0.2, -0.15) is 13.2 Å². The first-order valence-corrected chi connectivity index (χ1v) is 6.61. The van der Waals surface area contributed by atoms with E-state index in [2.05, 4.69) is 5.32 Å². The summed E-state index contributed by atoms with van der Waals surface area (Å²) >= 11 is 0. The van der Waals surface area contributed by atoms with Crippen molar-refractivity contribution in [3.8, 4) is 0 Å². The molecule has 0 fully saturated rings. The first-order chi connectivity index (χ1) is 10.1. The number of carbonyl (C=O) groups is 2. The largest absolute Gasteiger partial charge is 0.405 e. The number of carbonyl (C=O) groups excluding carboxylic acids is 2. The third-order valence-corrected chi connectivity index (χ3v) is 2.89. The SMILES string of the molecule is CC(C)[C@H](N)C(=O)Nc1ccc(C(=O)NCC(F)(F)F)cc1.Cl. The van der Waals surface area contributed by atoms with Crippen molar-refractivity contribution in [3.05, 3.63) is 29.8 Å². The molecule has 0 saturated heterocycles. The van der Waals surface area contributed by atoms with Crippen LogP contribution in [0.3, 0.4) is 0 Å². The van der Waals surface area contributed by atoms with Crippen molar-refractivity contribution in [3.63, 3.8) is 0 Å². The molecule has 23 heavy (non-hydrogen) atoms. The number of amides is 2. The molecule has 2 amide bonds. The highest BCUT2D eigenvalue weighted by Gasteiger charge is 2.27. The molecule has 1 aromatic rings. The molecular formula is C14H19ClF3N3O2. The Labute approximate surface area is 138 Å². The number of hydrogen-bond donors (Lipinski definition) is 3. The van der Waals surface area contributed by atoms with Crippen LogP contribution in [0.25, 0.3) is 0 Å². The molecule has 0 aliphatic rings. The molecule has 1 atom stereocenters. The quantitative estimate of drug-likeness (QED) is 0.759. The lowest BCUT2D eigenvalue weighted by Crippen LogP contribution is -2.39. The number of rotatable bonds is 5. The summed E-state index contributed by atoms with van der Waals surface area (Å²) in [6, 6.07) is 4.82. The van der Waals surface area contributed by atoms with Crippen LogP contribution in [0.15, 0.2) is 24.3 Å². The van der Waals surface area contributed by atoms with E-state index in [-0.39, 0.29) is 29.8 Å². The van der Waals surface area contributed by atoms with E-state index in [0.717, 1.165) is 0 Å². The lowest BCUT2D eigenvalue weighted by atomic mass is 10.0. The van der Waals surface area contributed by atoms with Gasteiger partial charge in [-0.1, -0.05) is 13.8 Å². The van der Waals surface area contributed by atoms with Gasteiger partial charge in [0.05, 0.1) is 6.04 Å². The number of nitrogens with one attached hydrogen (secondary N) is 2. The molecule has 0 aliphatic carbocycles. The molecule has 0 aromatic heterocycles. The predicted octanol–water partition coefficient (Wildman–Crippen LogP) is 2.32. The first kappa shape index (κ1) is 21.2. The lowest BCUT2D eigenvalue weighted by Gasteiger charge is -2.15. The maximum atomic E-state index is 12.0. The Bertz CT molecular complexity index is 533. The van der Waals surface area contributed by atoms with Gasteiger partial charge >= 0.3 is 6.18 Å². The Hall–Kier alpha value is -1.80. The Kier molecular flexibility index (Phi) is 8.05. The van der Waals surface area contributed by atoms with Gasteiger partial charge in [-0.25, -0.2) is 0 Å². The van der Waals surface area contributed by atoms with Crippen LogP contribution in [-0.4, -0.2) is 30.6 Å². The van der Waals surface area contributed by atoms with Crippen LogP contribution in [-0.2, 0) is 4.79 Å². The van der Waals surface area contributed by atoms with Crippen molar-refractivity contribution in [2.75, 3.05) is 11.9 Å². The molecule has 9 heteroatoms. The van der Waals surface area contributed by atoms with Gasteiger partial charge in [0.25, 0.3) is 5.91 Å². The highest BCUT2D eigenvalue weighted by Crippen LogP contribution is 2.14. The zero-order chi connectivity index (χ0) is 16.9. The standard InChI is InChI=1S/C14H18F3N3O2.ClH/c1-8(2)11(18)13(22)20-10-5-3-9(4-6-10)12(21)19-7-14(15,16)17;/h3-6,8,11H,7,18H2,1-2H3,(H,19,21)(H,20,22);1H/t11-;/m0./s1. The molecule has 1 rings (SSSR count). The molecule has 0 unspecified atom stereocenters. The monoisotopic (exact) mass is 353 g/mol. The summed E-state index contributed by atoms with van der Waals surface area (Å²) in [7, 11) is 0. The van der Waals surface area contributed by atoms with Crippen LogP contribution in [0.2, 0.25) is 0 Å². The molecule has 0 bridgehead atoms. The summed E-state index contributed by atoms with van der Waals surface area (Å²) in [5.41, 5.74) is 6.16. The Morgan fingerprint density at radius 1 is 1.17 bits per heavy atom. The predicted molar refractivity (Wildman–Crippen MR) is 83.5 cm³/mol. The van der Waals surface area contributed by atoms with E-state index in [1.807, 2.05) is 0 Å². The molecule has 0 spiro atoms. The maximum absolute atomic E-state index is 12.0. The van der Waals surface area contributed by atoms with Gasteiger partial charge in [0.2, 0.25) is 5.91 Å². The minimum Gasteiger partial charge on any atom is -0.343 e. The van der Waals surface area contributed by atoms with E-state index in [0.29, 0.717) is 5.69 Å². The highest BCUT2D eigenvalue weighted by molar-refractivity contribution is 5.97. The maximum Gasteiger partial charge on any atom is 0.405 e. The van der Waals surface area contributed by atoms with Gasteiger partial charge in [-0.05, 0) is 30.2 Å². The number of alkyl halides is 3. The fourth-order valence-electron chi connectivity index (χ4n) is 1.52. The zero-order valence-corrected chi connectivity index (χ0v) is 13.4. The second-order valence-electron chi connectivity index (χ2n) is 5.13. The first-order valence-electron chi connectivity index (χ1n) is 6.61. The molecule has 0 heterocycles. The van der Waals surface area contributed by atoms with Crippen molar-refractivity contribution in [1.82, 2.24) is 5.32 Å². The summed E-state index contributed by atoms with van der Waals surface area (Å²) < 4.78 is 36.0. The second-order valence-corrected chi connectivity index (χ2v) is 5.13. The number of halogens is 4. The Morgan fingerprint density at radius 3 is 2.13 bits per heavy atom. The van der Waals surface area contributed by atoms with E-state index >= 15 is 0 Å². The molecule has 0 radical (unpaired) electrons. The zero-order valence-electron chi connectivity index (χ0n) is 12.6. The summed E-state index contributed by atoms with van der Waals surface area (Å²) in [6.45, 7) is 2.21. The molecule has 5 nitrogen and oxygen atoms in total. The minimum absolute atomic E-state index is 0. The topological polar surface area (TPSA) is 84.2 Å². The van der Waals surface area contributed by atoms with Crippen LogP contribution < -0.4 is 16.4 Å². The van der Waals surface area contributed by atoms with Gasteiger partial charge in [-0.15, -0.1) is 12.4 Å². The summed E-state index contributed by atoms with van der Waals surface area (Å²) in [5.74, 6) is -1.24. The number of hydrogen-bond acceptors (Lipinski definition) is 3. The fourth-order valence-corrected chi connectivity index (χ4v) is 1.52. The summed E-state index contributed by atoms with van der Waals surface area (Å²) in [4.78, 5) is 23.2. The molecular weight excluding hydrogens is 335 g/mol. The molecule has 0 aliphatic heterocycles. The second kappa shape index (κ2) is 8.73. The van der Waals surface area contributed by atoms with Crippen molar-refractivity contribution >= 4 is 29.9 Å². The number of benzene rings is 1. The molecule has 4 N–H and O–H groups in total. The van der Waals surface area contributed by atoms with Gasteiger partial charge in [0, 0.05) is 11.3 Å². The Morgan fingerprint density at radius 2 is 1.70 bits per heavy atom. The highest BCUT2D eigenvalue weighted by atomic mass is 35.5. The average molecular weight is 354 g/mol. The van der Waals surface area contributed by atoms with E-state index in [1.165, 1.54) is 24.3 Å². The van der Waals surface area contributed by atoms with Crippen LogP contribution in [0, 0.1) is 5.92 Å². The van der Waals surface area contributed by atoms with Crippen LogP contribution in [0.5, 0.6) is 0 Å². The van der Waals surface area contributed by atoms with Gasteiger partial charge in [-0.3, -0.25) is 9.59 Å². The van der Waals surface area contributed by atoms with Crippen molar-refractivity contribution < 1.29 is 22.8 Å². The van der Waals surface area contributed by atoms with Crippen molar-refractivity contribution in [2.45, 2.75) is 26.1 Å².